The van der Waals surface area contributed by atoms with Crippen molar-refractivity contribution in [2.45, 2.75) is 46.0 Å². The van der Waals surface area contributed by atoms with E-state index in [1.54, 1.807) is 12.1 Å². The van der Waals surface area contributed by atoms with E-state index in [2.05, 4.69) is 21.1 Å². The van der Waals surface area contributed by atoms with Crippen LogP contribution in [-0.4, -0.2) is 48.1 Å². The Morgan fingerprint density at radius 2 is 1.26 bits per heavy atom. The van der Waals surface area contributed by atoms with Crippen LogP contribution in [0.25, 0.3) is 0 Å². The molecule has 0 spiro atoms. The highest BCUT2D eigenvalue weighted by molar-refractivity contribution is 6.33. The van der Waals surface area contributed by atoms with Crippen molar-refractivity contribution in [2.24, 2.45) is 10.2 Å². The van der Waals surface area contributed by atoms with Gasteiger partial charge in [-0.05, 0) is 31.2 Å². The zero-order valence-electron chi connectivity index (χ0n) is 19.4. The Bertz CT molecular complexity index is 1010. The normalized spacial score (nSPS) is 13.9. The fourth-order valence-electron chi connectivity index (χ4n) is 2.89. The quantitative estimate of drug-likeness (QED) is 0.222. The lowest BCUT2D eigenvalue weighted by Gasteiger charge is -2.30. The van der Waals surface area contributed by atoms with Gasteiger partial charge in [-0.15, -0.1) is 0 Å². The SMILES string of the molecule is CC(=O)O[C@@H]([C@H](OC(C)=O)C(/C=N\Nc1ccccc1)=N/Nc1ccccc1)[C@@H](C)OC(C)=O. The number of esters is 3. The van der Waals surface area contributed by atoms with E-state index in [1.807, 2.05) is 48.5 Å². The fraction of sp³-hybridized carbons (Fsp3) is 0.292. The van der Waals surface area contributed by atoms with Crippen molar-refractivity contribution in [3.8, 4) is 0 Å². The molecule has 3 atom stereocenters. The summed E-state index contributed by atoms with van der Waals surface area (Å²) in [6.45, 7) is 5.14. The van der Waals surface area contributed by atoms with Crippen LogP contribution in [0, 0.1) is 0 Å². The molecule has 0 saturated heterocycles. The summed E-state index contributed by atoms with van der Waals surface area (Å²) in [6, 6.07) is 18.2. The maximum Gasteiger partial charge on any atom is 0.303 e. The number of hydrazone groups is 2. The standard InChI is InChI=1S/C24H28N4O6/c1-16(32-17(2)29)23(33-18(3)30)24(34-19(4)31)22(28-27-21-13-9-6-10-14-21)15-25-26-20-11-7-5-8-12-20/h5-16,23-24,26-27H,1-4H3/b25-15-,28-22+/t16-,23-,24-/m1/s1. The molecule has 34 heavy (non-hydrogen) atoms. The number of rotatable bonds is 11. The van der Waals surface area contributed by atoms with Gasteiger partial charge in [0.05, 0.1) is 17.6 Å². The molecule has 2 rings (SSSR count). The Balaban J connectivity index is 2.45. The van der Waals surface area contributed by atoms with Gasteiger partial charge in [-0.3, -0.25) is 25.2 Å². The van der Waals surface area contributed by atoms with Crippen LogP contribution in [0.15, 0.2) is 70.9 Å². The largest absolute Gasteiger partial charge is 0.459 e. The predicted molar refractivity (Wildman–Crippen MR) is 128 cm³/mol. The van der Waals surface area contributed by atoms with Gasteiger partial charge in [0.2, 0.25) is 0 Å². The molecule has 2 aromatic carbocycles. The number of carbonyl (C=O) groups is 3. The molecular weight excluding hydrogens is 440 g/mol. The average Bonchev–Trinajstić information content (AvgIpc) is 2.79. The molecule has 0 aliphatic rings. The molecule has 2 N–H and O–H groups in total. The van der Waals surface area contributed by atoms with E-state index in [-0.39, 0.29) is 5.71 Å². The van der Waals surface area contributed by atoms with E-state index in [1.165, 1.54) is 33.9 Å². The van der Waals surface area contributed by atoms with Crippen molar-refractivity contribution >= 4 is 41.2 Å². The van der Waals surface area contributed by atoms with Crippen LogP contribution < -0.4 is 10.9 Å². The summed E-state index contributed by atoms with van der Waals surface area (Å²) in [7, 11) is 0. The first kappa shape index (κ1) is 26.0. The van der Waals surface area contributed by atoms with Crippen molar-refractivity contribution in [2.75, 3.05) is 10.9 Å². The number of anilines is 2. The minimum atomic E-state index is -1.24. The third kappa shape index (κ3) is 9.11. The van der Waals surface area contributed by atoms with Crippen LogP contribution in [0.4, 0.5) is 11.4 Å². The highest BCUT2D eigenvalue weighted by Crippen LogP contribution is 2.16. The summed E-state index contributed by atoms with van der Waals surface area (Å²) in [5.41, 5.74) is 7.19. The topological polar surface area (TPSA) is 128 Å². The zero-order valence-corrected chi connectivity index (χ0v) is 19.4. The molecule has 0 amide bonds. The number of hydrogen-bond donors (Lipinski definition) is 2. The van der Waals surface area contributed by atoms with Crippen molar-refractivity contribution < 1.29 is 28.6 Å². The molecule has 0 heterocycles. The molecule has 10 nitrogen and oxygen atoms in total. The highest BCUT2D eigenvalue weighted by Gasteiger charge is 2.37. The van der Waals surface area contributed by atoms with Gasteiger partial charge in [0.15, 0.2) is 12.2 Å². The lowest BCUT2D eigenvalue weighted by atomic mass is 10.0. The van der Waals surface area contributed by atoms with Crippen LogP contribution in [0.5, 0.6) is 0 Å². The number of nitrogens with one attached hydrogen (secondary N) is 2. The molecule has 0 radical (unpaired) electrons. The molecular formula is C24H28N4O6. The monoisotopic (exact) mass is 468 g/mol. The first-order valence-electron chi connectivity index (χ1n) is 10.5. The van der Waals surface area contributed by atoms with E-state index in [9.17, 15) is 14.4 Å². The maximum absolute atomic E-state index is 12.0. The summed E-state index contributed by atoms with van der Waals surface area (Å²) in [6.07, 6.45) is -2.06. The first-order valence-corrected chi connectivity index (χ1v) is 10.5. The number of para-hydroxylation sites is 2. The second kappa shape index (κ2) is 13.4. The minimum absolute atomic E-state index is 0.104. The molecule has 0 aliphatic carbocycles. The number of carbonyl (C=O) groups excluding carboxylic acids is 3. The van der Waals surface area contributed by atoms with Crippen LogP contribution in [0.2, 0.25) is 0 Å². The molecule has 0 aromatic heterocycles. The second-order valence-electron chi connectivity index (χ2n) is 7.17. The summed E-state index contributed by atoms with van der Waals surface area (Å²) in [5.74, 6) is -1.91. The summed E-state index contributed by atoms with van der Waals surface area (Å²) >= 11 is 0. The Labute approximate surface area is 198 Å². The van der Waals surface area contributed by atoms with Crippen LogP contribution in [0.3, 0.4) is 0 Å². The molecule has 0 unspecified atom stereocenters. The van der Waals surface area contributed by atoms with Crippen molar-refractivity contribution in [1.29, 1.82) is 0 Å². The van der Waals surface area contributed by atoms with Gasteiger partial charge in [0.1, 0.15) is 11.8 Å². The maximum atomic E-state index is 12.0. The Morgan fingerprint density at radius 3 is 1.76 bits per heavy atom. The molecule has 2 aromatic rings. The Kier molecular flexibility index (Phi) is 10.2. The van der Waals surface area contributed by atoms with E-state index in [4.69, 9.17) is 14.2 Å². The van der Waals surface area contributed by atoms with Crippen LogP contribution >= 0.6 is 0 Å². The van der Waals surface area contributed by atoms with Crippen molar-refractivity contribution in [3.05, 3.63) is 60.7 Å². The lowest BCUT2D eigenvalue weighted by molar-refractivity contribution is -0.175. The summed E-state index contributed by atoms with van der Waals surface area (Å²) in [4.78, 5) is 35.3. The van der Waals surface area contributed by atoms with Gasteiger partial charge in [-0.25, -0.2) is 0 Å². The minimum Gasteiger partial charge on any atom is -0.459 e. The molecule has 180 valence electrons. The molecule has 0 saturated carbocycles. The third-order valence-corrected chi connectivity index (χ3v) is 4.25. The van der Waals surface area contributed by atoms with E-state index < -0.39 is 36.2 Å². The van der Waals surface area contributed by atoms with Crippen LogP contribution in [-0.2, 0) is 28.6 Å². The second-order valence-corrected chi connectivity index (χ2v) is 7.17. The highest BCUT2D eigenvalue weighted by atomic mass is 16.6. The Morgan fingerprint density at radius 1 is 0.765 bits per heavy atom. The molecule has 0 aliphatic heterocycles. The van der Waals surface area contributed by atoms with Gasteiger partial charge < -0.3 is 14.2 Å². The number of nitrogens with zero attached hydrogens (tertiary/aromatic N) is 2. The fourth-order valence-corrected chi connectivity index (χ4v) is 2.89. The van der Waals surface area contributed by atoms with Gasteiger partial charge in [-0.1, -0.05) is 36.4 Å². The van der Waals surface area contributed by atoms with Crippen molar-refractivity contribution in [3.63, 3.8) is 0 Å². The molecule has 10 heteroatoms. The summed E-state index contributed by atoms with van der Waals surface area (Å²) in [5, 5.41) is 8.52. The third-order valence-electron chi connectivity index (χ3n) is 4.25. The van der Waals surface area contributed by atoms with E-state index >= 15 is 0 Å². The van der Waals surface area contributed by atoms with Crippen molar-refractivity contribution in [1.82, 2.24) is 0 Å². The molecule has 0 bridgehead atoms. The smallest absolute Gasteiger partial charge is 0.303 e. The van der Waals surface area contributed by atoms with Gasteiger partial charge in [-0.2, -0.15) is 10.2 Å². The van der Waals surface area contributed by atoms with Gasteiger partial charge >= 0.3 is 17.9 Å². The van der Waals surface area contributed by atoms with Crippen LogP contribution in [0.1, 0.15) is 27.7 Å². The Hall–Kier alpha value is -4.21. The zero-order chi connectivity index (χ0) is 24.9. The van der Waals surface area contributed by atoms with E-state index in [0.29, 0.717) is 11.4 Å². The number of ether oxygens (including phenoxy) is 3. The van der Waals surface area contributed by atoms with Gasteiger partial charge in [0, 0.05) is 20.8 Å². The van der Waals surface area contributed by atoms with Gasteiger partial charge in [0.25, 0.3) is 0 Å². The summed E-state index contributed by atoms with van der Waals surface area (Å²) < 4.78 is 16.1. The predicted octanol–water partition coefficient (Wildman–Crippen LogP) is 3.37. The lowest BCUT2D eigenvalue weighted by Crippen LogP contribution is -2.48. The first-order chi connectivity index (χ1) is 16.3. The molecule has 0 fully saturated rings. The van der Waals surface area contributed by atoms with E-state index in [0.717, 1.165) is 0 Å². The number of benzene rings is 2. The average molecular weight is 469 g/mol. The number of hydrogen-bond acceptors (Lipinski definition) is 10.